The second kappa shape index (κ2) is 5.12. The standard InChI is InChI=1S/C9H11ClN2OS/c1-11-9(13)12-6-3-4-8(14-2)7(10)5-6/h3-5H,1-2H3,(H2,11,12,13). The van der Waals surface area contributed by atoms with Crippen molar-refractivity contribution in [3.63, 3.8) is 0 Å². The number of rotatable bonds is 2. The molecular weight excluding hydrogens is 220 g/mol. The molecule has 0 fully saturated rings. The summed E-state index contributed by atoms with van der Waals surface area (Å²) < 4.78 is 0. The van der Waals surface area contributed by atoms with Gasteiger partial charge in [-0.1, -0.05) is 11.6 Å². The average molecular weight is 231 g/mol. The van der Waals surface area contributed by atoms with E-state index in [-0.39, 0.29) is 6.03 Å². The molecule has 0 unspecified atom stereocenters. The van der Waals surface area contributed by atoms with Crippen LogP contribution < -0.4 is 10.6 Å². The van der Waals surface area contributed by atoms with Gasteiger partial charge < -0.3 is 10.6 Å². The average Bonchev–Trinajstić information content (AvgIpc) is 2.18. The van der Waals surface area contributed by atoms with Crippen LogP contribution in [0, 0.1) is 0 Å². The molecule has 1 rings (SSSR count). The third-order valence-corrected chi connectivity index (χ3v) is 2.86. The summed E-state index contributed by atoms with van der Waals surface area (Å²) >= 11 is 7.53. The van der Waals surface area contributed by atoms with Gasteiger partial charge >= 0.3 is 6.03 Å². The molecule has 2 N–H and O–H groups in total. The quantitative estimate of drug-likeness (QED) is 0.768. The van der Waals surface area contributed by atoms with Crippen molar-refractivity contribution >= 4 is 35.1 Å². The van der Waals surface area contributed by atoms with Crippen LogP contribution in [0.2, 0.25) is 5.02 Å². The van der Waals surface area contributed by atoms with Crippen LogP contribution in [0.4, 0.5) is 10.5 Å². The number of benzene rings is 1. The van der Waals surface area contributed by atoms with E-state index in [1.54, 1.807) is 24.9 Å². The Morgan fingerprint density at radius 2 is 2.21 bits per heavy atom. The molecule has 0 aliphatic carbocycles. The molecule has 1 aromatic rings. The molecule has 3 nitrogen and oxygen atoms in total. The highest BCUT2D eigenvalue weighted by atomic mass is 35.5. The number of thioether (sulfide) groups is 1. The first-order valence-corrected chi connectivity index (χ1v) is 5.60. The summed E-state index contributed by atoms with van der Waals surface area (Å²) in [6.45, 7) is 0. The molecule has 0 aromatic heterocycles. The van der Waals surface area contributed by atoms with Crippen molar-refractivity contribution in [3.05, 3.63) is 23.2 Å². The molecule has 0 spiro atoms. The lowest BCUT2D eigenvalue weighted by Crippen LogP contribution is -2.24. The molecule has 5 heteroatoms. The minimum Gasteiger partial charge on any atom is -0.341 e. The Morgan fingerprint density at radius 1 is 1.50 bits per heavy atom. The maximum absolute atomic E-state index is 11.0. The fourth-order valence-corrected chi connectivity index (χ4v) is 1.81. The van der Waals surface area contributed by atoms with Gasteiger partial charge in [-0.3, -0.25) is 0 Å². The van der Waals surface area contributed by atoms with Crippen LogP contribution in [-0.2, 0) is 0 Å². The van der Waals surface area contributed by atoms with Gasteiger partial charge in [-0.2, -0.15) is 0 Å². The van der Waals surface area contributed by atoms with Crippen LogP contribution >= 0.6 is 23.4 Å². The third-order valence-electron chi connectivity index (χ3n) is 1.64. The molecule has 1 aromatic carbocycles. The van der Waals surface area contributed by atoms with Gasteiger partial charge in [0.15, 0.2) is 0 Å². The van der Waals surface area contributed by atoms with Gasteiger partial charge in [-0.15, -0.1) is 11.8 Å². The second-order valence-corrected chi connectivity index (χ2v) is 3.81. The molecule has 0 radical (unpaired) electrons. The molecule has 76 valence electrons. The van der Waals surface area contributed by atoms with Gasteiger partial charge in [0.25, 0.3) is 0 Å². The first kappa shape index (κ1) is 11.2. The minimum atomic E-state index is -0.252. The zero-order chi connectivity index (χ0) is 10.6. The Morgan fingerprint density at radius 3 is 2.71 bits per heavy atom. The Hall–Kier alpha value is -0.870. The summed E-state index contributed by atoms with van der Waals surface area (Å²) in [6.07, 6.45) is 1.95. The van der Waals surface area contributed by atoms with Crippen LogP contribution in [0.5, 0.6) is 0 Å². The monoisotopic (exact) mass is 230 g/mol. The number of hydrogen-bond acceptors (Lipinski definition) is 2. The van der Waals surface area contributed by atoms with E-state index in [2.05, 4.69) is 10.6 Å². The number of urea groups is 1. The van der Waals surface area contributed by atoms with Gasteiger partial charge in [0.05, 0.1) is 5.02 Å². The zero-order valence-corrected chi connectivity index (χ0v) is 9.50. The predicted molar refractivity (Wildman–Crippen MR) is 61.3 cm³/mol. The molecule has 0 atom stereocenters. The number of carbonyl (C=O) groups is 1. The van der Waals surface area contributed by atoms with E-state index >= 15 is 0 Å². The molecule has 2 amide bonds. The first-order valence-electron chi connectivity index (χ1n) is 3.99. The SMILES string of the molecule is CNC(=O)Nc1ccc(SC)c(Cl)c1. The van der Waals surface area contributed by atoms with E-state index in [9.17, 15) is 4.79 Å². The largest absolute Gasteiger partial charge is 0.341 e. The number of halogens is 1. The van der Waals surface area contributed by atoms with Gasteiger partial charge in [0.1, 0.15) is 0 Å². The van der Waals surface area contributed by atoms with Crippen molar-refractivity contribution in [1.82, 2.24) is 5.32 Å². The van der Waals surface area contributed by atoms with E-state index in [0.717, 1.165) is 4.90 Å². The van der Waals surface area contributed by atoms with Crippen LogP contribution in [0.1, 0.15) is 0 Å². The fraction of sp³-hybridized carbons (Fsp3) is 0.222. The maximum Gasteiger partial charge on any atom is 0.318 e. The summed E-state index contributed by atoms with van der Waals surface area (Å²) in [5.41, 5.74) is 0.687. The molecule has 0 bridgehead atoms. The number of amides is 2. The van der Waals surface area contributed by atoms with Gasteiger partial charge in [-0.25, -0.2) is 4.79 Å². The Balaban J connectivity index is 2.81. The predicted octanol–water partition coefficient (Wildman–Crippen LogP) is 2.81. The second-order valence-electron chi connectivity index (χ2n) is 2.55. The Bertz CT molecular complexity index is 344. The maximum atomic E-state index is 11.0. The smallest absolute Gasteiger partial charge is 0.318 e. The van der Waals surface area contributed by atoms with Crippen LogP contribution in [0.3, 0.4) is 0 Å². The van der Waals surface area contributed by atoms with Gasteiger partial charge in [0, 0.05) is 17.6 Å². The minimum absolute atomic E-state index is 0.252. The molecular formula is C9H11ClN2OS. The van der Waals surface area contributed by atoms with Crippen LogP contribution in [0.25, 0.3) is 0 Å². The number of anilines is 1. The summed E-state index contributed by atoms with van der Waals surface area (Å²) in [5, 5.41) is 5.75. The highest BCUT2D eigenvalue weighted by molar-refractivity contribution is 7.98. The Kier molecular flexibility index (Phi) is 4.10. The molecule has 0 aliphatic heterocycles. The van der Waals surface area contributed by atoms with Crippen LogP contribution in [0.15, 0.2) is 23.1 Å². The number of hydrogen-bond donors (Lipinski definition) is 2. The van der Waals surface area contributed by atoms with Crippen molar-refractivity contribution in [1.29, 1.82) is 0 Å². The fourth-order valence-electron chi connectivity index (χ4n) is 0.938. The highest BCUT2D eigenvalue weighted by Gasteiger charge is 2.02. The summed E-state index contributed by atoms with van der Waals surface area (Å²) in [4.78, 5) is 12.0. The van der Waals surface area contributed by atoms with E-state index in [0.29, 0.717) is 10.7 Å². The van der Waals surface area contributed by atoms with Crippen molar-refractivity contribution < 1.29 is 4.79 Å². The Labute approximate surface area is 92.2 Å². The summed E-state index contributed by atoms with van der Waals surface area (Å²) in [7, 11) is 1.56. The molecule has 0 saturated carbocycles. The van der Waals surface area contributed by atoms with Crippen molar-refractivity contribution in [2.75, 3.05) is 18.6 Å². The highest BCUT2D eigenvalue weighted by Crippen LogP contribution is 2.27. The van der Waals surface area contributed by atoms with E-state index < -0.39 is 0 Å². The molecule has 0 heterocycles. The van der Waals surface area contributed by atoms with E-state index in [1.165, 1.54) is 0 Å². The summed E-state index contributed by atoms with van der Waals surface area (Å²) in [6, 6.07) is 5.16. The lowest BCUT2D eigenvalue weighted by molar-refractivity contribution is 0.254. The molecule has 14 heavy (non-hydrogen) atoms. The zero-order valence-electron chi connectivity index (χ0n) is 7.93. The van der Waals surface area contributed by atoms with Gasteiger partial charge in [0.2, 0.25) is 0 Å². The lowest BCUT2D eigenvalue weighted by Gasteiger charge is -2.06. The van der Waals surface area contributed by atoms with Crippen molar-refractivity contribution in [3.8, 4) is 0 Å². The first-order chi connectivity index (χ1) is 6.67. The number of nitrogens with one attached hydrogen (secondary N) is 2. The van der Waals surface area contributed by atoms with Crippen molar-refractivity contribution in [2.45, 2.75) is 4.90 Å². The normalized spacial score (nSPS) is 9.64. The molecule has 0 aliphatic rings. The molecule has 0 saturated heterocycles. The van der Waals surface area contributed by atoms with Gasteiger partial charge in [-0.05, 0) is 24.5 Å². The lowest BCUT2D eigenvalue weighted by atomic mass is 10.3. The van der Waals surface area contributed by atoms with E-state index in [1.807, 2.05) is 18.4 Å². The number of carbonyl (C=O) groups excluding carboxylic acids is 1. The van der Waals surface area contributed by atoms with Crippen molar-refractivity contribution in [2.24, 2.45) is 0 Å². The summed E-state index contributed by atoms with van der Waals surface area (Å²) in [5.74, 6) is 0. The van der Waals surface area contributed by atoms with Crippen LogP contribution in [-0.4, -0.2) is 19.3 Å². The van der Waals surface area contributed by atoms with E-state index in [4.69, 9.17) is 11.6 Å². The third kappa shape index (κ3) is 2.82. The topological polar surface area (TPSA) is 41.1 Å².